The summed E-state index contributed by atoms with van der Waals surface area (Å²) in [5, 5.41) is 13.2. The summed E-state index contributed by atoms with van der Waals surface area (Å²) in [4.78, 5) is 39.7. The van der Waals surface area contributed by atoms with Gasteiger partial charge in [-0.2, -0.15) is 0 Å². The summed E-state index contributed by atoms with van der Waals surface area (Å²) in [5.74, 6) is 1.75. The van der Waals surface area contributed by atoms with Gasteiger partial charge in [-0.15, -0.1) is 10.2 Å². The van der Waals surface area contributed by atoms with E-state index in [1.165, 1.54) is 68.3 Å². The van der Waals surface area contributed by atoms with Gasteiger partial charge >= 0.3 is 0 Å². The third-order valence-electron chi connectivity index (χ3n) is 8.26. The number of amides is 3. The van der Waals surface area contributed by atoms with Crippen molar-refractivity contribution in [2.24, 2.45) is 17.8 Å². The van der Waals surface area contributed by atoms with Crippen LogP contribution < -0.4 is 5.32 Å². The molecule has 4 aliphatic carbocycles. The van der Waals surface area contributed by atoms with Gasteiger partial charge in [-0.05, 0) is 86.6 Å². The van der Waals surface area contributed by atoms with Gasteiger partial charge in [0.25, 0.3) is 17.7 Å². The molecule has 0 unspecified atom stereocenters. The summed E-state index contributed by atoms with van der Waals surface area (Å²) in [6, 6.07) is 8.00. The average molecular weight is 489 g/mol. The standard InChI is InChI=1S/C26H24N4O4S/c31-21(17-3-4-19-20(9-17)23(33)30(22(19)32)13-18-2-1-5-34-18)27-25-29-28-24(35-25)26-10-14-6-15(11-26)8-16(7-14)12-26/h1-5,9,14-16H,6-8,10-13H2,(H,27,29,31). The number of carbonyl (C=O) groups is 3. The predicted octanol–water partition coefficient (Wildman–Crippen LogP) is 4.65. The van der Waals surface area contributed by atoms with Crippen LogP contribution in [0.2, 0.25) is 0 Å². The number of nitrogens with one attached hydrogen (secondary N) is 1. The fourth-order valence-electron chi connectivity index (χ4n) is 7.16. The van der Waals surface area contributed by atoms with Crippen LogP contribution in [0.15, 0.2) is 41.0 Å². The van der Waals surface area contributed by atoms with Crippen LogP contribution in [0.4, 0.5) is 5.13 Å². The summed E-state index contributed by atoms with van der Waals surface area (Å²) in [7, 11) is 0. The maximum Gasteiger partial charge on any atom is 0.261 e. The molecule has 5 aliphatic rings. The highest BCUT2D eigenvalue weighted by molar-refractivity contribution is 7.15. The van der Waals surface area contributed by atoms with Crippen LogP contribution in [-0.2, 0) is 12.0 Å². The molecular formula is C26H24N4O4S. The van der Waals surface area contributed by atoms with Crippen LogP contribution in [0.1, 0.15) is 80.4 Å². The smallest absolute Gasteiger partial charge is 0.261 e. The van der Waals surface area contributed by atoms with E-state index in [-0.39, 0.29) is 29.0 Å². The number of anilines is 1. The normalized spacial score (nSPS) is 28.6. The van der Waals surface area contributed by atoms with Crippen LogP contribution in [0.5, 0.6) is 0 Å². The van der Waals surface area contributed by atoms with Gasteiger partial charge < -0.3 is 4.42 Å². The minimum Gasteiger partial charge on any atom is -0.467 e. The van der Waals surface area contributed by atoms with Crippen LogP contribution >= 0.6 is 11.3 Å². The Labute approximate surface area is 205 Å². The molecule has 1 N–H and O–H groups in total. The minimum absolute atomic E-state index is 0.0543. The van der Waals surface area contributed by atoms with E-state index in [9.17, 15) is 14.4 Å². The van der Waals surface area contributed by atoms with Crippen molar-refractivity contribution in [1.82, 2.24) is 15.1 Å². The van der Waals surface area contributed by atoms with Gasteiger partial charge in [0.05, 0.1) is 23.9 Å². The first-order valence-electron chi connectivity index (χ1n) is 12.2. The predicted molar refractivity (Wildman–Crippen MR) is 127 cm³/mol. The van der Waals surface area contributed by atoms with Crippen molar-refractivity contribution in [3.8, 4) is 0 Å². The topological polar surface area (TPSA) is 105 Å². The quantitative estimate of drug-likeness (QED) is 0.524. The maximum absolute atomic E-state index is 13.0. The van der Waals surface area contributed by atoms with E-state index in [1.54, 1.807) is 18.2 Å². The van der Waals surface area contributed by atoms with Crippen molar-refractivity contribution >= 4 is 34.2 Å². The van der Waals surface area contributed by atoms with E-state index in [0.29, 0.717) is 16.5 Å². The first-order chi connectivity index (χ1) is 17.0. The molecular weight excluding hydrogens is 464 g/mol. The number of fused-ring (bicyclic) bond motifs is 1. The Bertz CT molecular complexity index is 1330. The molecule has 1 aliphatic heterocycles. The van der Waals surface area contributed by atoms with Crippen LogP contribution in [0.3, 0.4) is 0 Å². The Kier molecular flexibility index (Phi) is 4.55. The summed E-state index contributed by atoms with van der Waals surface area (Å²) >= 11 is 1.48. The van der Waals surface area contributed by atoms with E-state index in [4.69, 9.17) is 4.42 Å². The Morgan fingerprint density at radius 3 is 2.43 bits per heavy atom. The maximum atomic E-state index is 13.0. The van der Waals surface area contributed by atoms with E-state index in [1.807, 2.05) is 0 Å². The molecule has 0 spiro atoms. The number of imide groups is 1. The van der Waals surface area contributed by atoms with Crippen LogP contribution in [0, 0.1) is 17.8 Å². The van der Waals surface area contributed by atoms with Gasteiger partial charge in [0.1, 0.15) is 10.8 Å². The zero-order chi connectivity index (χ0) is 23.7. The molecule has 4 saturated carbocycles. The fourth-order valence-corrected chi connectivity index (χ4v) is 8.12. The number of carbonyl (C=O) groups excluding carboxylic acids is 3. The van der Waals surface area contributed by atoms with Crippen molar-refractivity contribution in [1.29, 1.82) is 0 Å². The Morgan fingerprint density at radius 1 is 1.03 bits per heavy atom. The zero-order valence-electron chi connectivity index (χ0n) is 19.0. The minimum atomic E-state index is -0.434. The molecule has 4 fully saturated rings. The van der Waals surface area contributed by atoms with E-state index >= 15 is 0 Å². The zero-order valence-corrected chi connectivity index (χ0v) is 19.8. The Hall–Kier alpha value is -3.33. The highest BCUT2D eigenvalue weighted by atomic mass is 32.1. The number of nitrogens with zero attached hydrogens (tertiary/aromatic N) is 3. The molecule has 2 aromatic heterocycles. The number of hydrogen-bond donors (Lipinski definition) is 1. The Morgan fingerprint density at radius 2 is 1.74 bits per heavy atom. The number of benzene rings is 1. The highest BCUT2D eigenvalue weighted by Crippen LogP contribution is 2.61. The molecule has 178 valence electrons. The summed E-state index contributed by atoms with van der Waals surface area (Å²) in [6.45, 7) is 0.0543. The van der Waals surface area contributed by atoms with E-state index in [2.05, 4.69) is 15.5 Å². The third-order valence-corrected chi connectivity index (χ3v) is 9.35. The first-order valence-corrected chi connectivity index (χ1v) is 13.0. The molecule has 8 nitrogen and oxygen atoms in total. The number of furan rings is 1. The molecule has 3 aromatic rings. The fraction of sp³-hybridized carbons (Fsp3) is 0.423. The van der Waals surface area contributed by atoms with Crippen LogP contribution in [-0.4, -0.2) is 32.8 Å². The van der Waals surface area contributed by atoms with Gasteiger partial charge in [-0.3, -0.25) is 24.6 Å². The third kappa shape index (κ3) is 3.36. The molecule has 0 atom stereocenters. The van der Waals surface area contributed by atoms with Crippen molar-refractivity contribution in [3.05, 3.63) is 64.1 Å². The number of rotatable bonds is 5. The van der Waals surface area contributed by atoms with E-state index < -0.39 is 11.8 Å². The molecule has 35 heavy (non-hydrogen) atoms. The lowest BCUT2D eigenvalue weighted by Crippen LogP contribution is -2.48. The number of aromatic nitrogens is 2. The average Bonchev–Trinajstić information content (AvgIpc) is 3.57. The molecule has 0 radical (unpaired) electrons. The molecule has 9 heteroatoms. The lowest BCUT2D eigenvalue weighted by atomic mass is 9.50. The molecule has 3 amide bonds. The second kappa shape index (κ2) is 7.58. The molecule has 1 aromatic carbocycles. The van der Waals surface area contributed by atoms with Gasteiger partial charge in [-0.1, -0.05) is 11.3 Å². The van der Waals surface area contributed by atoms with Gasteiger partial charge in [0, 0.05) is 11.0 Å². The second-order valence-electron chi connectivity index (χ2n) is 10.6. The van der Waals surface area contributed by atoms with Crippen molar-refractivity contribution in [3.63, 3.8) is 0 Å². The lowest BCUT2D eigenvalue weighted by Gasteiger charge is -2.55. The van der Waals surface area contributed by atoms with Gasteiger partial charge in [0.15, 0.2) is 0 Å². The Balaban J connectivity index is 1.09. The van der Waals surface area contributed by atoms with Gasteiger partial charge in [-0.25, -0.2) is 0 Å². The monoisotopic (exact) mass is 488 g/mol. The van der Waals surface area contributed by atoms with Crippen molar-refractivity contribution in [2.75, 3.05) is 5.32 Å². The molecule has 8 rings (SSSR count). The summed E-state index contributed by atoms with van der Waals surface area (Å²) in [6.07, 6.45) is 9.16. The van der Waals surface area contributed by atoms with E-state index in [0.717, 1.165) is 27.7 Å². The molecule has 4 bridgehead atoms. The van der Waals surface area contributed by atoms with Crippen molar-refractivity contribution in [2.45, 2.75) is 50.5 Å². The summed E-state index contributed by atoms with van der Waals surface area (Å²) < 4.78 is 5.28. The van der Waals surface area contributed by atoms with Crippen molar-refractivity contribution < 1.29 is 18.8 Å². The largest absolute Gasteiger partial charge is 0.467 e. The molecule has 0 saturated heterocycles. The first kappa shape index (κ1) is 21.0. The SMILES string of the molecule is O=C(Nc1nnc(C23CC4CC(CC(C4)C2)C3)s1)c1ccc2c(c1)C(=O)N(Cc1ccco1)C2=O. The van der Waals surface area contributed by atoms with Gasteiger partial charge in [0.2, 0.25) is 5.13 Å². The highest BCUT2D eigenvalue weighted by Gasteiger charge is 2.53. The summed E-state index contributed by atoms with van der Waals surface area (Å²) in [5.41, 5.74) is 0.947. The lowest BCUT2D eigenvalue weighted by molar-refractivity contribution is -0.00556. The molecule has 3 heterocycles. The number of hydrogen-bond acceptors (Lipinski definition) is 7. The second-order valence-corrected chi connectivity index (χ2v) is 11.6. The van der Waals surface area contributed by atoms with Crippen LogP contribution in [0.25, 0.3) is 0 Å².